The maximum Gasteiger partial charge on any atom is 0.255 e. The minimum atomic E-state index is -3.49. The Kier molecular flexibility index (Phi) is 4.28. The van der Waals surface area contributed by atoms with E-state index in [2.05, 4.69) is 15.0 Å². The number of benzene rings is 2. The monoisotopic (exact) mass is 383 g/mol. The number of amides is 1. The second kappa shape index (κ2) is 6.51. The van der Waals surface area contributed by atoms with Crippen molar-refractivity contribution in [2.45, 2.75) is 37.6 Å². The lowest BCUT2D eigenvalue weighted by atomic mass is 10.1. The SMILES string of the molecule is Cc1[nH]c2ccc(C(=O)Nc3ccc(S(=O)(=O)NC4CC4)cc3)cc2c1C. The molecule has 3 aromatic rings. The van der Waals surface area contributed by atoms with Crippen molar-refractivity contribution in [2.24, 2.45) is 0 Å². The average Bonchev–Trinajstić information content (AvgIpc) is 3.39. The van der Waals surface area contributed by atoms with Crippen LogP contribution in [-0.2, 0) is 10.0 Å². The van der Waals surface area contributed by atoms with Gasteiger partial charge in [-0.2, -0.15) is 0 Å². The molecule has 3 N–H and O–H groups in total. The molecule has 1 aromatic heterocycles. The molecule has 0 aliphatic heterocycles. The average molecular weight is 383 g/mol. The molecule has 7 heteroatoms. The summed E-state index contributed by atoms with van der Waals surface area (Å²) in [6, 6.07) is 11.8. The lowest BCUT2D eigenvalue weighted by molar-refractivity contribution is 0.102. The summed E-state index contributed by atoms with van der Waals surface area (Å²) >= 11 is 0. The minimum Gasteiger partial charge on any atom is -0.358 e. The molecule has 1 fully saturated rings. The van der Waals surface area contributed by atoms with Gasteiger partial charge in [-0.3, -0.25) is 4.79 Å². The number of anilines is 1. The maximum atomic E-state index is 12.6. The van der Waals surface area contributed by atoms with E-state index in [0.717, 1.165) is 35.0 Å². The largest absolute Gasteiger partial charge is 0.358 e. The molecule has 27 heavy (non-hydrogen) atoms. The zero-order valence-corrected chi connectivity index (χ0v) is 16.0. The fraction of sp³-hybridized carbons (Fsp3) is 0.250. The molecule has 1 aliphatic rings. The Labute approximate surface area is 158 Å². The van der Waals surface area contributed by atoms with Crippen LogP contribution < -0.4 is 10.0 Å². The number of aromatic amines is 1. The van der Waals surface area contributed by atoms with E-state index in [0.29, 0.717) is 11.3 Å². The first-order valence-electron chi connectivity index (χ1n) is 8.86. The van der Waals surface area contributed by atoms with Crippen LogP contribution in [0.3, 0.4) is 0 Å². The highest BCUT2D eigenvalue weighted by molar-refractivity contribution is 7.89. The van der Waals surface area contributed by atoms with E-state index < -0.39 is 10.0 Å². The summed E-state index contributed by atoms with van der Waals surface area (Å²) in [6.07, 6.45) is 1.77. The van der Waals surface area contributed by atoms with Crippen LogP contribution in [0.4, 0.5) is 5.69 Å². The lowest BCUT2D eigenvalue weighted by Gasteiger charge is -2.08. The van der Waals surface area contributed by atoms with Gasteiger partial charge >= 0.3 is 0 Å². The summed E-state index contributed by atoms with van der Waals surface area (Å²) < 4.78 is 27.0. The Bertz CT molecular complexity index is 1130. The van der Waals surface area contributed by atoms with E-state index in [1.165, 1.54) is 12.1 Å². The Morgan fingerprint density at radius 3 is 2.44 bits per heavy atom. The number of fused-ring (bicyclic) bond motifs is 1. The van der Waals surface area contributed by atoms with Gasteiger partial charge in [0.2, 0.25) is 10.0 Å². The van der Waals surface area contributed by atoms with Gasteiger partial charge in [-0.25, -0.2) is 13.1 Å². The molecule has 0 radical (unpaired) electrons. The van der Waals surface area contributed by atoms with Gasteiger partial charge < -0.3 is 10.3 Å². The number of aromatic nitrogens is 1. The van der Waals surface area contributed by atoms with Gasteiger partial charge in [0.05, 0.1) is 4.90 Å². The first-order valence-corrected chi connectivity index (χ1v) is 10.3. The number of sulfonamides is 1. The van der Waals surface area contributed by atoms with Crippen LogP contribution in [0, 0.1) is 13.8 Å². The fourth-order valence-electron chi connectivity index (χ4n) is 3.01. The van der Waals surface area contributed by atoms with Crippen molar-refractivity contribution in [3.05, 3.63) is 59.3 Å². The third-order valence-corrected chi connectivity index (χ3v) is 6.43. The smallest absolute Gasteiger partial charge is 0.255 e. The summed E-state index contributed by atoms with van der Waals surface area (Å²) in [6.45, 7) is 4.02. The minimum absolute atomic E-state index is 0.0600. The molecule has 1 heterocycles. The number of aryl methyl sites for hydroxylation is 2. The summed E-state index contributed by atoms with van der Waals surface area (Å²) in [5.41, 5.74) is 4.31. The van der Waals surface area contributed by atoms with Crippen molar-refractivity contribution in [1.29, 1.82) is 0 Å². The van der Waals surface area contributed by atoms with Crippen molar-refractivity contribution in [3.8, 4) is 0 Å². The summed E-state index contributed by atoms with van der Waals surface area (Å²) in [5, 5.41) is 3.84. The molecular formula is C20H21N3O3S. The number of carbonyl (C=O) groups is 1. The Balaban J connectivity index is 1.51. The van der Waals surface area contributed by atoms with Crippen molar-refractivity contribution in [2.75, 3.05) is 5.32 Å². The van der Waals surface area contributed by atoms with Gasteiger partial charge in [0, 0.05) is 33.9 Å². The van der Waals surface area contributed by atoms with Gasteiger partial charge in [-0.1, -0.05) is 0 Å². The second-order valence-corrected chi connectivity index (χ2v) is 8.72. The second-order valence-electron chi connectivity index (χ2n) is 7.01. The molecule has 1 amide bonds. The summed E-state index contributed by atoms with van der Waals surface area (Å²) in [4.78, 5) is 16.0. The summed E-state index contributed by atoms with van der Waals surface area (Å²) in [7, 11) is -3.49. The van der Waals surface area contributed by atoms with Crippen molar-refractivity contribution in [3.63, 3.8) is 0 Å². The van der Waals surface area contributed by atoms with E-state index in [9.17, 15) is 13.2 Å². The van der Waals surface area contributed by atoms with E-state index in [1.807, 2.05) is 26.0 Å². The van der Waals surface area contributed by atoms with E-state index in [1.54, 1.807) is 18.2 Å². The third-order valence-electron chi connectivity index (χ3n) is 4.89. The van der Waals surface area contributed by atoms with E-state index in [-0.39, 0.29) is 16.8 Å². The number of carbonyl (C=O) groups excluding carboxylic acids is 1. The van der Waals surface area contributed by atoms with E-state index >= 15 is 0 Å². The van der Waals surface area contributed by atoms with Crippen LogP contribution in [0.2, 0.25) is 0 Å². The molecule has 1 saturated carbocycles. The van der Waals surface area contributed by atoms with Gasteiger partial charge in [0.25, 0.3) is 5.91 Å². The molecule has 4 rings (SSSR count). The quantitative estimate of drug-likeness (QED) is 0.630. The van der Waals surface area contributed by atoms with Crippen molar-refractivity contribution >= 4 is 32.5 Å². The van der Waals surface area contributed by atoms with Crippen LogP contribution in [0.1, 0.15) is 34.5 Å². The number of rotatable bonds is 5. The molecule has 0 spiro atoms. The highest BCUT2D eigenvalue weighted by Gasteiger charge is 2.27. The topological polar surface area (TPSA) is 91.1 Å². The van der Waals surface area contributed by atoms with Crippen molar-refractivity contribution < 1.29 is 13.2 Å². The molecule has 2 aromatic carbocycles. The van der Waals surface area contributed by atoms with E-state index in [4.69, 9.17) is 0 Å². The molecule has 0 bridgehead atoms. The predicted octanol–water partition coefficient (Wildman–Crippen LogP) is 3.48. The maximum absolute atomic E-state index is 12.6. The molecule has 0 unspecified atom stereocenters. The Morgan fingerprint density at radius 1 is 1.07 bits per heavy atom. The van der Waals surface area contributed by atoms with Gasteiger partial charge in [0.1, 0.15) is 0 Å². The summed E-state index contributed by atoms with van der Waals surface area (Å²) in [5.74, 6) is -0.234. The first kappa shape index (κ1) is 17.8. The highest BCUT2D eigenvalue weighted by Crippen LogP contribution is 2.24. The van der Waals surface area contributed by atoms with Crippen LogP contribution in [0.15, 0.2) is 47.4 Å². The molecule has 6 nitrogen and oxygen atoms in total. The molecule has 0 saturated heterocycles. The van der Waals surface area contributed by atoms with Crippen LogP contribution in [0.5, 0.6) is 0 Å². The molecule has 1 aliphatic carbocycles. The molecular weight excluding hydrogens is 362 g/mol. The number of hydrogen-bond donors (Lipinski definition) is 3. The van der Waals surface area contributed by atoms with Gasteiger partial charge in [0.15, 0.2) is 0 Å². The third kappa shape index (κ3) is 3.61. The Morgan fingerprint density at radius 2 is 1.78 bits per heavy atom. The van der Waals surface area contributed by atoms with Gasteiger partial charge in [-0.05, 0) is 74.7 Å². The van der Waals surface area contributed by atoms with Crippen LogP contribution >= 0.6 is 0 Å². The number of hydrogen-bond acceptors (Lipinski definition) is 3. The van der Waals surface area contributed by atoms with Crippen molar-refractivity contribution in [1.82, 2.24) is 9.71 Å². The first-order chi connectivity index (χ1) is 12.8. The highest BCUT2D eigenvalue weighted by atomic mass is 32.2. The molecule has 0 atom stereocenters. The number of nitrogens with one attached hydrogen (secondary N) is 3. The normalized spacial score (nSPS) is 14.4. The Hall–Kier alpha value is -2.64. The van der Waals surface area contributed by atoms with Crippen LogP contribution in [-0.4, -0.2) is 25.4 Å². The predicted molar refractivity (Wildman–Crippen MR) is 106 cm³/mol. The van der Waals surface area contributed by atoms with Gasteiger partial charge in [-0.15, -0.1) is 0 Å². The molecule has 140 valence electrons. The standard InChI is InChI=1S/C20H21N3O3S/c1-12-13(2)21-19-10-3-14(11-18(12)19)20(24)22-15-6-8-17(9-7-15)27(25,26)23-16-4-5-16/h3,6-11,16,21,23H,4-5H2,1-2H3,(H,22,24). The zero-order valence-electron chi connectivity index (χ0n) is 15.2. The fourth-order valence-corrected chi connectivity index (χ4v) is 4.32. The lowest BCUT2D eigenvalue weighted by Crippen LogP contribution is -2.25. The van der Waals surface area contributed by atoms with Crippen LogP contribution in [0.25, 0.3) is 10.9 Å². The number of H-pyrrole nitrogens is 1. The zero-order chi connectivity index (χ0) is 19.2.